The van der Waals surface area contributed by atoms with Crippen molar-refractivity contribution in [1.82, 2.24) is 0 Å². The van der Waals surface area contributed by atoms with Crippen molar-refractivity contribution in [2.45, 2.75) is 101 Å². The molecule has 0 amide bonds. The van der Waals surface area contributed by atoms with E-state index in [0.717, 1.165) is 12.1 Å². The van der Waals surface area contributed by atoms with Crippen LogP contribution in [0.5, 0.6) is 5.75 Å². The summed E-state index contributed by atoms with van der Waals surface area (Å²) in [6, 6.07) is 4.40. The van der Waals surface area contributed by atoms with Crippen molar-refractivity contribution in [3.63, 3.8) is 0 Å². The number of carbonyl (C=O) groups excluding carboxylic acids is 1. The molecule has 0 radical (unpaired) electrons. The molecule has 3 N–H and O–H groups in total. The molecule has 2 heterocycles. The minimum Gasteiger partial charge on any atom is -0.491 e. The van der Waals surface area contributed by atoms with E-state index in [4.69, 9.17) is 18.9 Å². The molecule has 9 atom stereocenters. The van der Waals surface area contributed by atoms with Gasteiger partial charge >= 0.3 is 12.1 Å². The Labute approximate surface area is 213 Å². The second kappa shape index (κ2) is 11.4. The lowest BCUT2D eigenvalue weighted by molar-refractivity contribution is -0.147. The standard InChI is InChI=1S/C26H35F3O8/c1-13(2)35-22(33)8-4-7-20-21(36-20)10-16-17(30)11-18(31)23(16)25-24(37-25)19(32)12-34-15-6-3-5-14(9-15)26(27,28)29/h3,5-6,9,13,16-21,23-25,30-32H,4,7-8,10-12H2,1-2H3/t16-,17-,18+,19-,20?,21?,23+,24?,25-/m0/s1. The number of hydrogen-bond acceptors (Lipinski definition) is 8. The number of epoxide rings is 2. The Balaban J connectivity index is 1.23. The minimum atomic E-state index is -4.50. The van der Waals surface area contributed by atoms with Gasteiger partial charge in [-0.25, -0.2) is 0 Å². The number of ether oxygens (including phenoxy) is 4. The first-order chi connectivity index (χ1) is 17.4. The van der Waals surface area contributed by atoms with Gasteiger partial charge in [0.1, 0.15) is 24.6 Å². The highest BCUT2D eigenvalue weighted by molar-refractivity contribution is 5.69. The molecule has 208 valence electrons. The molecule has 37 heavy (non-hydrogen) atoms. The Morgan fingerprint density at radius 2 is 1.92 bits per heavy atom. The summed E-state index contributed by atoms with van der Waals surface area (Å²) < 4.78 is 60.5. The predicted octanol–water partition coefficient (Wildman–Crippen LogP) is 2.85. The first kappa shape index (κ1) is 28.1. The van der Waals surface area contributed by atoms with Crippen LogP contribution in [0.4, 0.5) is 13.2 Å². The Morgan fingerprint density at radius 3 is 2.62 bits per heavy atom. The van der Waals surface area contributed by atoms with Crippen molar-refractivity contribution >= 4 is 5.97 Å². The van der Waals surface area contributed by atoms with Crippen molar-refractivity contribution in [3.05, 3.63) is 29.8 Å². The lowest BCUT2D eigenvalue weighted by Gasteiger charge is -2.22. The fourth-order valence-electron chi connectivity index (χ4n) is 5.37. The van der Waals surface area contributed by atoms with Crippen molar-refractivity contribution < 1.29 is 52.2 Å². The molecule has 1 aromatic carbocycles. The van der Waals surface area contributed by atoms with Gasteiger partial charge in [0, 0.05) is 12.3 Å². The molecule has 8 nitrogen and oxygen atoms in total. The van der Waals surface area contributed by atoms with Gasteiger partial charge in [-0.1, -0.05) is 6.07 Å². The summed E-state index contributed by atoms with van der Waals surface area (Å²) in [7, 11) is 0. The normalized spacial score (nSPS) is 33.9. The molecule has 3 fully saturated rings. The topological polar surface area (TPSA) is 121 Å². The predicted molar refractivity (Wildman–Crippen MR) is 124 cm³/mol. The Bertz CT molecular complexity index is 925. The van der Waals surface area contributed by atoms with E-state index in [2.05, 4.69) is 0 Å². The quantitative estimate of drug-likeness (QED) is 0.278. The number of rotatable bonds is 12. The fraction of sp³-hybridized carbons (Fsp3) is 0.731. The van der Waals surface area contributed by atoms with E-state index in [0.29, 0.717) is 25.7 Å². The third kappa shape index (κ3) is 7.35. The van der Waals surface area contributed by atoms with Crippen molar-refractivity contribution in [3.8, 4) is 5.75 Å². The van der Waals surface area contributed by atoms with E-state index in [9.17, 15) is 33.3 Å². The van der Waals surface area contributed by atoms with Crippen LogP contribution in [0.15, 0.2) is 24.3 Å². The van der Waals surface area contributed by atoms with E-state index in [1.54, 1.807) is 13.8 Å². The molecule has 0 aromatic heterocycles. The second-order valence-corrected chi connectivity index (χ2v) is 10.5. The highest BCUT2D eigenvalue weighted by Gasteiger charge is 2.59. The Morgan fingerprint density at radius 1 is 1.16 bits per heavy atom. The monoisotopic (exact) mass is 532 g/mol. The Hall–Kier alpha value is -1.92. The highest BCUT2D eigenvalue weighted by atomic mass is 19.4. The van der Waals surface area contributed by atoms with E-state index in [-0.39, 0.29) is 49.0 Å². The average Bonchev–Trinajstić information content (AvgIpc) is 3.72. The number of halogens is 3. The van der Waals surface area contributed by atoms with Gasteiger partial charge in [-0.15, -0.1) is 0 Å². The number of aliphatic hydroxyl groups is 3. The Kier molecular flexibility index (Phi) is 8.69. The van der Waals surface area contributed by atoms with Crippen LogP contribution in [0.3, 0.4) is 0 Å². The third-order valence-electron chi connectivity index (χ3n) is 7.25. The summed E-state index contributed by atoms with van der Waals surface area (Å²) in [4.78, 5) is 11.7. The molecule has 2 aliphatic heterocycles. The highest BCUT2D eigenvalue weighted by Crippen LogP contribution is 2.48. The van der Waals surface area contributed by atoms with Crippen LogP contribution in [-0.4, -0.2) is 76.7 Å². The minimum absolute atomic E-state index is 0.0141. The first-order valence-electron chi connectivity index (χ1n) is 12.8. The van der Waals surface area contributed by atoms with Gasteiger partial charge in [0.2, 0.25) is 0 Å². The molecule has 0 bridgehead atoms. The molecule has 2 saturated heterocycles. The molecule has 11 heteroatoms. The van der Waals surface area contributed by atoms with Crippen molar-refractivity contribution in [2.24, 2.45) is 11.8 Å². The number of carbonyl (C=O) groups is 1. The van der Waals surface area contributed by atoms with Gasteiger partial charge in [0.05, 0.1) is 42.2 Å². The van der Waals surface area contributed by atoms with Gasteiger partial charge in [0.15, 0.2) is 0 Å². The van der Waals surface area contributed by atoms with E-state index in [1.807, 2.05) is 0 Å². The van der Waals surface area contributed by atoms with Crippen LogP contribution in [0.2, 0.25) is 0 Å². The zero-order valence-corrected chi connectivity index (χ0v) is 20.8. The first-order valence-corrected chi connectivity index (χ1v) is 12.8. The van der Waals surface area contributed by atoms with Gasteiger partial charge in [-0.2, -0.15) is 13.2 Å². The maximum atomic E-state index is 12.9. The smallest absolute Gasteiger partial charge is 0.416 e. The summed E-state index contributed by atoms with van der Waals surface area (Å²) in [6.07, 6.45) is -6.20. The molecule has 1 aliphatic carbocycles. The zero-order valence-electron chi connectivity index (χ0n) is 20.8. The van der Waals surface area contributed by atoms with Gasteiger partial charge < -0.3 is 34.3 Å². The number of aliphatic hydroxyl groups excluding tert-OH is 3. The second-order valence-electron chi connectivity index (χ2n) is 10.5. The fourth-order valence-corrected chi connectivity index (χ4v) is 5.37. The van der Waals surface area contributed by atoms with E-state index >= 15 is 0 Å². The van der Waals surface area contributed by atoms with Crippen molar-refractivity contribution in [1.29, 1.82) is 0 Å². The molecular weight excluding hydrogens is 497 g/mol. The third-order valence-corrected chi connectivity index (χ3v) is 7.25. The van der Waals surface area contributed by atoms with Crippen molar-refractivity contribution in [2.75, 3.05) is 6.61 Å². The number of alkyl halides is 3. The summed E-state index contributed by atoms with van der Waals surface area (Å²) >= 11 is 0. The zero-order chi connectivity index (χ0) is 26.9. The summed E-state index contributed by atoms with van der Waals surface area (Å²) in [6.45, 7) is 3.32. The van der Waals surface area contributed by atoms with Crippen LogP contribution >= 0.6 is 0 Å². The molecule has 3 unspecified atom stereocenters. The summed E-state index contributed by atoms with van der Waals surface area (Å²) in [5.74, 6) is -0.958. The average molecular weight is 533 g/mol. The molecule has 1 saturated carbocycles. The van der Waals surface area contributed by atoms with Crippen LogP contribution in [0, 0.1) is 11.8 Å². The van der Waals surface area contributed by atoms with Gasteiger partial charge in [0.25, 0.3) is 0 Å². The lowest BCUT2D eigenvalue weighted by Crippen LogP contribution is -2.33. The van der Waals surface area contributed by atoms with Crippen LogP contribution in [-0.2, 0) is 25.2 Å². The SMILES string of the molecule is CC(C)OC(=O)CCCC1OC1C[C@@H]1[C@@H]([C@@H]2OC2[C@@H](O)COc2cccc(C(F)(F)F)c2)[C@H](O)C[C@@H]1O. The van der Waals surface area contributed by atoms with E-state index in [1.165, 1.54) is 12.1 Å². The molecule has 1 aromatic rings. The van der Waals surface area contributed by atoms with Gasteiger partial charge in [-0.05, 0) is 63.6 Å². The van der Waals surface area contributed by atoms with Gasteiger partial charge in [-0.3, -0.25) is 4.79 Å². The molecule has 3 aliphatic rings. The number of benzene rings is 1. The summed E-state index contributed by atoms with van der Waals surface area (Å²) in [5, 5.41) is 31.6. The summed E-state index contributed by atoms with van der Waals surface area (Å²) in [5.41, 5.74) is -0.845. The van der Waals surface area contributed by atoms with Crippen LogP contribution in [0.25, 0.3) is 0 Å². The number of esters is 1. The van der Waals surface area contributed by atoms with E-state index < -0.39 is 48.2 Å². The molecular formula is C26H35F3O8. The molecule has 0 spiro atoms. The molecule has 4 rings (SSSR count). The lowest BCUT2D eigenvalue weighted by atomic mass is 9.84. The maximum Gasteiger partial charge on any atom is 0.416 e. The van der Waals surface area contributed by atoms with Crippen LogP contribution < -0.4 is 4.74 Å². The van der Waals surface area contributed by atoms with Crippen LogP contribution in [0.1, 0.15) is 51.5 Å². The largest absolute Gasteiger partial charge is 0.491 e. The maximum absolute atomic E-state index is 12.9. The number of hydrogen-bond donors (Lipinski definition) is 3.